The van der Waals surface area contributed by atoms with Gasteiger partial charge in [0.15, 0.2) is 27.3 Å². The van der Waals surface area contributed by atoms with Gasteiger partial charge in [-0.2, -0.15) is 8.78 Å². The number of benzene rings is 1. The Balaban J connectivity index is 2.09. The zero-order valence-corrected chi connectivity index (χ0v) is 16.9. The van der Waals surface area contributed by atoms with Crippen LogP contribution in [0.4, 0.5) is 8.78 Å². The molecule has 0 spiro atoms. The van der Waals surface area contributed by atoms with Crippen molar-refractivity contribution in [2.45, 2.75) is 33.4 Å². The molecule has 1 aromatic carbocycles. The zero-order valence-electron chi connectivity index (χ0n) is 16.1. The third kappa shape index (κ3) is 6.81. The third-order valence-corrected chi connectivity index (χ3v) is 6.04. The van der Waals surface area contributed by atoms with Crippen LogP contribution in [0.15, 0.2) is 23.2 Å². The number of halogens is 2. The fraction of sp³-hybridized carbons (Fsp3) is 0.611. The maximum Gasteiger partial charge on any atom is 0.387 e. The first-order chi connectivity index (χ1) is 13.3. The van der Waals surface area contributed by atoms with E-state index in [9.17, 15) is 17.2 Å². The molecule has 0 saturated carbocycles. The van der Waals surface area contributed by atoms with E-state index in [1.54, 1.807) is 25.1 Å². The van der Waals surface area contributed by atoms with Gasteiger partial charge in [0.25, 0.3) is 0 Å². The molecule has 7 nitrogen and oxygen atoms in total. The lowest BCUT2D eigenvalue weighted by Gasteiger charge is -2.16. The molecule has 1 fully saturated rings. The smallest absolute Gasteiger partial charge is 0.387 e. The van der Waals surface area contributed by atoms with E-state index in [1.807, 2.05) is 6.92 Å². The summed E-state index contributed by atoms with van der Waals surface area (Å²) in [5, 5.41) is 6.19. The molecule has 0 amide bonds. The number of sulfone groups is 1. The minimum Gasteiger partial charge on any atom is -0.490 e. The Morgan fingerprint density at radius 2 is 2.11 bits per heavy atom. The first kappa shape index (κ1) is 22.2. The molecule has 1 saturated heterocycles. The minimum atomic E-state index is -2.97. The van der Waals surface area contributed by atoms with Crippen LogP contribution in [0.2, 0.25) is 0 Å². The minimum absolute atomic E-state index is 0.0270. The largest absolute Gasteiger partial charge is 0.490 e. The lowest BCUT2D eigenvalue weighted by atomic mass is 10.1. The molecule has 0 bridgehead atoms. The third-order valence-electron chi connectivity index (χ3n) is 4.20. The van der Waals surface area contributed by atoms with Crippen LogP contribution in [-0.4, -0.2) is 52.2 Å². The number of nitrogens with one attached hydrogen (secondary N) is 2. The van der Waals surface area contributed by atoms with Crippen molar-refractivity contribution in [3.05, 3.63) is 23.8 Å². The Labute approximate surface area is 164 Å². The highest BCUT2D eigenvalue weighted by atomic mass is 32.2. The predicted molar refractivity (Wildman–Crippen MR) is 104 cm³/mol. The molecule has 1 aromatic rings. The van der Waals surface area contributed by atoms with Crippen LogP contribution in [0.1, 0.15) is 25.8 Å². The van der Waals surface area contributed by atoms with Crippen LogP contribution in [0.25, 0.3) is 0 Å². The maximum absolute atomic E-state index is 12.8. The SMILES string of the molecule is CCNC(=NCc1cccc(OCC)c1OC(F)F)NCC1CCS(=O)(=O)C1. The molecule has 28 heavy (non-hydrogen) atoms. The van der Waals surface area contributed by atoms with Crippen LogP contribution in [0.5, 0.6) is 11.5 Å². The first-order valence-electron chi connectivity index (χ1n) is 9.26. The number of ether oxygens (including phenoxy) is 2. The second-order valence-corrected chi connectivity index (χ2v) is 8.63. The molecule has 1 aliphatic heterocycles. The maximum atomic E-state index is 12.8. The average Bonchev–Trinajstić information content (AvgIpc) is 2.98. The van der Waals surface area contributed by atoms with Gasteiger partial charge >= 0.3 is 6.61 Å². The quantitative estimate of drug-likeness (QED) is 0.471. The fourth-order valence-corrected chi connectivity index (χ4v) is 4.82. The molecule has 2 rings (SSSR count). The van der Waals surface area contributed by atoms with Crippen molar-refractivity contribution >= 4 is 15.8 Å². The summed E-state index contributed by atoms with van der Waals surface area (Å²) < 4.78 is 58.8. The summed E-state index contributed by atoms with van der Waals surface area (Å²) >= 11 is 0. The first-order valence-corrected chi connectivity index (χ1v) is 11.1. The molecule has 1 aliphatic rings. The van der Waals surface area contributed by atoms with E-state index in [2.05, 4.69) is 20.4 Å². The second kappa shape index (κ2) is 10.4. The van der Waals surface area contributed by atoms with Crippen LogP contribution >= 0.6 is 0 Å². The summed E-state index contributed by atoms with van der Waals surface area (Å²) in [6, 6.07) is 4.91. The van der Waals surface area contributed by atoms with Crippen molar-refractivity contribution in [2.75, 3.05) is 31.2 Å². The molecule has 0 aliphatic carbocycles. The lowest BCUT2D eigenvalue weighted by Crippen LogP contribution is -2.40. The lowest BCUT2D eigenvalue weighted by molar-refractivity contribution is -0.0520. The molecule has 1 heterocycles. The molecule has 1 atom stereocenters. The van der Waals surface area contributed by atoms with Crippen LogP contribution in [0, 0.1) is 5.92 Å². The van der Waals surface area contributed by atoms with Crippen molar-refractivity contribution in [2.24, 2.45) is 10.9 Å². The van der Waals surface area contributed by atoms with E-state index >= 15 is 0 Å². The fourth-order valence-electron chi connectivity index (χ4n) is 2.96. The summed E-state index contributed by atoms with van der Waals surface area (Å²) in [4.78, 5) is 4.41. The molecule has 0 radical (unpaired) electrons. The number of para-hydroxylation sites is 1. The Morgan fingerprint density at radius 1 is 1.32 bits per heavy atom. The van der Waals surface area contributed by atoms with Gasteiger partial charge in [-0.25, -0.2) is 13.4 Å². The molecule has 0 aromatic heterocycles. The molecule has 158 valence electrons. The van der Waals surface area contributed by atoms with E-state index in [-0.39, 0.29) is 35.5 Å². The van der Waals surface area contributed by atoms with E-state index < -0.39 is 16.4 Å². The van der Waals surface area contributed by atoms with Gasteiger partial charge in [0.2, 0.25) is 0 Å². The number of alkyl halides is 2. The number of aliphatic imine (C=N–C) groups is 1. The van der Waals surface area contributed by atoms with Crippen molar-refractivity contribution < 1.29 is 26.7 Å². The normalized spacial score (nSPS) is 18.9. The van der Waals surface area contributed by atoms with Gasteiger partial charge in [-0.05, 0) is 32.3 Å². The number of hydrogen-bond acceptors (Lipinski definition) is 5. The summed E-state index contributed by atoms with van der Waals surface area (Å²) in [5.41, 5.74) is 0.465. The van der Waals surface area contributed by atoms with Gasteiger partial charge in [-0.15, -0.1) is 0 Å². The topological polar surface area (TPSA) is 89.0 Å². The monoisotopic (exact) mass is 419 g/mol. The van der Waals surface area contributed by atoms with Gasteiger partial charge in [-0.1, -0.05) is 12.1 Å². The van der Waals surface area contributed by atoms with Crippen molar-refractivity contribution in [1.82, 2.24) is 10.6 Å². The zero-order chi connectivity index (χ0) is 20.6. The van der Waals surface area contributed by atoms with Gasteiger partial charge < -0.3 is 20.1 Å². The Morgan fingerprint density at radius 3 is 2.71 bits per heavy atom. The molecule has 2 N–H and O–H groups in total. The van der Waals surface area contributed by atoms with E-state index in [4.69, 9.17) is 4.74 Å². The van der Waals surface area contributed by atoms with Gasteiger partial charge in [0, 0.05) is 18.7 Å². The second-order valence-electron chi connectivity index (χ2n) is 6.40. The summed E-state index contributed by atoms with van der Waals surface area (Å²) in [6.07, 6.45) is 0.623. The van der Waals surface area contributed by atoms with Gasteiger partial charge in [0.05, 0.1) is 24.7 Å². The van der Waals surface area contributed by atoms with E-state index in [0.717, 1.165) is 0 Å². The highest BCUT2D eigenvalue weighted by Gasteiger charge is 2.27. The number of hydrogen-bond donors (Lipinski definition) is 2. The summed E-state index contributed by atoms with van der Waals surface area (Å²) in [5.74, 6) is 1.11. The van der Waals surface area contributed by atoms with E-state index in [1.165, 1.54) is 0 Å². The Hall–Kier alpha value is -2.10. The van der Waals surface area contributed by atoms with Crippen LogP contribution < -0.4 is 20.1 Å². The van der Waals surface area contributed by atoms with Gasteiger partial charge in [-0.3, -0.25) is 0 Å². The van der Waals surface area contributed by atoms with Crippen molar-refractivity contribution in [3.63, 3.8) is 0 Å². The standard InChI is InChI=1S/C18H27F2N3O4S/c1-3-21-18(22-10-13-8-9-28(24,25)12-13)23-11-14-6-5-7-15(26-4-2)16(14)27-17(19)20/h5-7,13,17H,3-4,8-12H2,1-2H3,(H2,21,22,23). The van der Waals surface area contributed by atoms with Crippen LogP contribution in [0.3, 0.4) is 0 Å². The number of guanidine groups is 1. The van der Waals surface area contributed by atoms with Crippen molar-refractivity contribution in [1.29, 1.82) is 0 Å². The molecular formula is C18H27F2N3O4S. The average molecular weight is 419 g/mol. The highest BCUT2D eigenvalue weighted by molar-refractivity contribution is 7.91. The molecular weight excluding hydrogens is 392 g/mol. The predicted octanol–water partition coefficient (Wildman–Crippen LogP) is 2.18. The molecule has 1 unspecified atom stereocenters. The Kier molecular flexibility index (Phi) is 8.28. The number of nitrogens with zero attached hydrogens (tertiary/aromatic N) is 1. The molecule has 10 heteroatoms. The van der Waals surface area contributed by atoms with Crippen molar-refractivity contribution in [3.8, 4) is 11.5 Å². The summed E-state index contributed by atoms with van der Waals surface area (Å²) in [7, 11) is -2.94. The Bertz CT molecular complexity index is 772. The van der Waals surface area contributed by atoms with Crippen LogP contribution in [-0.2, 0) is 16.4 Å². The number of rotatable bonds is 9. The van der Waals surface area contributed by atoms with Gasteiger partial charge in [0.1, 0.15) is 0 Å². The highest BCUT2D eigenvalue weighted by Crippen LogP contribution is 2.33. The summed E-state index contributed by atoms with van der Waals surface area (Å²) in [6.45, 7) is 2.19. The van der Waals surface area contributed by atoms with E-state index in [0.29, 0.717) is 37.6 Å².